The summed E-state index contributed by atoms with van der Waals surface area (Å²) in [6, 6.07) is 10.5. The maximum atomic E-state index is 10.7. The number of aliphatic carboxylic acids is 1. The Hall–Kier alpha value is -2.07. The second kappa shape index (κ2) is 6.14. The van der Waals surface area contributed by atoms with E-state index in [1.807, 2.05) is 11.4 Å². The zero-order valence-electron chi connectivity index (χ0n) is 11.7. The fraction of sp³-hybridized carbons (Fsp3) is 0.235. The number of carbonyl (C=O) groups is 1. The van der Waals surface area contributed by atoms with E-state index in [2.05, 4.69) is 29.2 Å². The third-order valence-corrected chi connectivity index (χ3v) is 4.65. The van der Waals surface area contributed by atoms with Crippen LogP contribution in [0.25, 0.3) is 6.08 Å². The summed E-state index contributed by atoms with van der Waals surface area (Å²) in [7, 11) is 0. The van der Waals surface area contributed by atoms with Gasteiger partial charge in [0.1, 0.15) is 0 Å². The number of thiophene rings is 1. The van der Waals surface area contributed by atoms with Crippen LogP contribution in [0.5, 0.6) is 0 Å². The van der Waals surface area contributed by atoms with Gasteiger partial charge >= 0.3 is 5.97 Å². The lowest BCUT2D eigenvalue weighted by Gasteiger charge is -2.31. The van der Waals surface area contributed by atoms with Crippen molar-refractivity contribution in [3.8, 4) is 0 Å². The largest absolute Gasteiger partial charge is 0.478 e. The topological polar surface area (TPSA) is 40.5 Å². The first-order chi connectivity index (χ1) is 10.2. The van der Waals surface area contributed by atoms with Gasteiger partial charge in [0.05, 0.1) is 6.54 Å². The van der Waals surface area contributed by atoms with Crippen LogP contribution in [0.4, 0.5) is 5.69 Å². The Morgan fingerprint density at radius 2 is 2.19 bits per heavy atom. The minimum absolute atomic E-state index is 0.841. The van der Waals surface area contributed by atoms with Crippen molar-refractivity contribution < 1.29 is 9.90 Å². The smallest absolute Gasteiger partial charge is 0.328 e. The van der Waals surface area contributed by atoms with Gasteiger partial charge in [-0.15, -0.1) is 11.3 Å². The number of carboxylic acid groups (broad SMARTS) is 1. The summed E-state index contributed by atoms with van der Waals surface area (Å²) in [5.74, 6) is -0.907. The first kappa shape index (κ1) is 13.9. The second-order valence-electron chi connectivity index (χ2n) is 5.12. The van der Waals surface area contributed by atoms with Gasteiger partial charge in [-0.1, -0.05) is 18.2 Å². The van der Waals surface area contributed by atoms with Crippen LogP contribution >= 0.6 is 11.3 Å². The number of benzene rings is 1. The number of nitrogens with zero attached hydrogens (tertiary/aromatic N) is 1. The Morgan fingerprint density at radius 1 is 1.33 bits per heavy atom. The molecule has 0 bridgehead atoms. The van der Waals surface area contributed by atoms with Gasteiger partial charge in [-0.05, 0) is 47.6 Å². The highest BCUT2D eigenvalue weighted by molar-refractivity contribution is 7.10. The average molecular weight is 299 g/mol. The zero-order chi connectivity index (χ0) is 14.7. The van der Waals surface area contributed by atoms with E-state index in [9.17, 15) is 4.79 Å². The van der Waals surface area contributed by atoms with Crippen LogP contribution in [-0.2, 0) is 17.8 Å². The molecule has 0 amide bonds. The maximum Gasteiger partial charge on any atom is 0.328 e. The molecule has 3 nitrogen and oxygen atoms in total. The van der Waals surface area contributed by atoms with Gasteiger partial charge in [-0.3, -0.25) is 0 Å². The van der Waals surface area contributed by atoms with Gasteiger partial charge in [-0.2, -0.15) is 0 Å². The number of anilines is 1. The first-order valence-corrected chi connectivity index (χ1v) is 7.92. The first-order valence-electron chi connectivity index (χ1n) is 7.04. The van der Waals surface area contributed by atoms with Crippen LogP contribution in [0.15, 0.2) is 41.8 Å². The number of para-hydroxylation sites is 1. The van der Waals surface area contributed by atoms with Crippen molar-refractivity contribution >= 4 is 29.1 Å². The molecule has 0 saturated carbocycles. The molecule has 0 aliphatic carbocycles. The number of rotatable bonds is 4. The van der Waals surface area contributed by atoms with Gasteiger partial charge in [-0.25, -0.2) is 4.79 Å². The number of hydrogen-bond acceptors (Lipinski definition) is 3. The van der Waals surface area contributed by atoms with Crippen LogP contribution in [-0.4, -0.2) is 17.6 Å². The molecule has 0 fully saturated rings. The van der Waals surface area contributed by atoms with Crippen molar-refractivity contribution in [3.05, 3.63) is 57.8 Å². The molecule has 0 unspecified atom stereocenters. The molecule has 0 spiro atoms. The molecule has 4 heteroatoms. The summed E-state index contributed by atoms with van der Waals surface area (Å²) in [6.45, 7) is 1.89. The van der Waals surface area contributed by atoms with Gasteiger partial charge in [0.25, 0.3) is 0 Å². The van der Waals surface area contributed by atoms with Crippen molar-refractivity contribution in [3.63, 3.8) is 0 Å². The van der Waals surface area contributed by atoms with Gasteiger partial charge in [0.15, 0.2) is 0 Å². The molecular weight excluding hydrogens is 282 g/mol. The summed E-state index contributed by atoms with van der Waals surface area (Å²) < 4.78 is 0. The SMILES string of the molecule is O=C(O)C=Cc1ccsc1CN1CCCc2ccccc21. The minimum atomic E-state index is -0.907. The molecule has 1 aromatic carbocycles. The number of fused-ring (bicyclic) bond motifs is 1. The molecule has 21 heavy (non-hydrogen) atoms. The quantitative estimate of drug-likeness (QED) is 0.873. The van der Waals surface area contributed by atoms with Crippen LogP contribution < -0.4 is 4.90 Å². The second-order valence-corrected chi connectivity index (χ2v) is 6.13. The van der Waals surface area contributed by atoms with E-state index in [0.29, 0.717) is 0 Å². The van der Waals surface area contributed by atoms with E-state index in [-0.39, 0.29) is 0 Å². The van der Waals surface area contributed by atoms with Gasteiger partial charge < -0.3 is 10.0 Å². The third-order valence-electron chi connectivity index (χ3n) is 3.73. The summed E-state index contributed by atoms with van der Waals surface area (Å²) in [6.07, 6.45) is 5.20. The van der Waals surface area contributed by atoms with E-state index in [1.54, 1.807) is 17.4 Å². The molecule has 1 aliphatic rings. The Kier molecular flexibility index (Phi) is 4.06. The van der Waals surface area contributed by atoms with Crippen LogP contribution in [0.2, 0.25) is 0 Å². The summed E-state index contributed by atoms with van der Waals surface area (Å²) in [5.41, 5.74) is 3.72. The van der Waals surface area contributed by atoms with Gasteiger partial charge in [0, 0.05) is 23.2 Å². The van der Waals surface area contributed by atoms with E-state index in [1.165, 1.54) is 28.6 Å². The Labute approximate surface area is 128 Å². The molecular formula is C17H17NO2S. The van der Waals surface area contributed by atoms with Crippen LogP contribution in [0, 0.1) is 0 Å². The molecule has 1 aromatic heterocycles. The highest BCUT2D eigenvalue weighted by atomic mass is 32.1. The fourth-order valence-electron chi connectivity index (χ4n) is 2.74. The molecule has 0 saturated heterocycles. The summed E-state index contributed by atoms with van der Waals surface area (Å²) in [4.78, 5) is 14.3. The Balaban J connectivity index is 1.82. The molecule has 2 heterocycles. The number of aryl methyl sites for hydroxylation is 1. The normalized spacial score (nSPS) is 14.4. The number of hydrogen-bond donors (Lipinski definition) is 1. The van der Waals surface area contributed by atoms with Gasteiger partial charge in [0.2, 0.25) is 0 Å². The van der Waals surface area contributed by atoms with Crippen LogP contribution in [0.1, 0.15) is 22.4 Å². The fourth-order valence-corrected chi connectivity index (χ4v) is 3.62. The van der Waals surface area contributed by atoms with E-state index in [0.717, 1.165) is 25.1 Å². The molecule has 0 atom stereocenters. The third kappa shape index (κ3) is 3.16. The van der Waals surface area contributed by atoms with Crippen molar-refractivity contribution in [2.24, 2.45) is 0 Å². The lowest BCUT2D eigenvalue weighted by Crippen LogP contribution is -2.28. The average Bonchev–Trinajstić information content (AvgIpc) is 2.93. The predicted molar refractivity (Wildman–Crippen MR) is 86.8 cm³/mol. The summed E-state index contributed by atoms with van der Waals surface area (Å²) >= 11 is 1.68. The Morgan fingerprint density at radius 3 is 3.05 bits per heavy atom. The number of carboxylic acids is 1. The molecule has 3 rings (SSSR count). The highest BCUT2D eigenvalue weighted by Gasteiger charge is 2.17. The van der Waals surface area contributed by atoms with Crippen molar-refractivity contribution in [1.82, 2.24) is 0 Å². The molecule has 108 valence electrons. The molecule has 2 aromatic rings. The lowest BCUT2D eigenvalue weighted by atomic mass is 10.0. The zero-order valence-corrected chi connectivity index (χ0v) is 12.5. The molecule has 1 N–H and O–H groups in total. The summed E-state index contributed by atoms with van der Waals surface area (Å²) in [5, 5.41) is 10.8. The van der Waals surface area contributed by atoms with Crippen molar-refractivity contribution in [2.75, 3.05) is 11.4 Å². The standard InChI is InChI=1S/C17H17NO2S/c19-17(20)8-7-14-9-11-21-16(14)12-18-10-3-5-13-4-1-2-6-15(13)18/h1-2,4,6-9,11H,3,5,10,12H2,(H,19,20). The maximum absolute atomic E-state index is 10.7. The highest BCUT2D eigenvalue weighted by Crippen LogP contribution is 2.30. The monoisotopic (exact) mass is 299 g/mol. The van der Waals surface area contributed by atoms with E-state index in [4.69, 9.17) is 5.11 Å². The minimum Gasteiger partial charge on any atom is -0.478 e. The predicted octanol–water partition coefficient (Wildman–Crippen LogP) is 3.80. The Bertz CT molecular complexity index is 675. The van der Waals surface area contributed by atoms with Crippen LogP contribution in [0.3, 0.4) is 0 Å². The van der Waals surface area contributed by atoms with E-state index >= 15 is 0 Å². The lowest BCUT2D eigenvalue weighted by molar-refractivity contribution is -0.131. The molecule has 0 radical (unpaired) electrons. The molecule has 1 aliphatic heterocycles. The van der Waals surface area contributed by atoms with E-state index < -0.39 is 5.97 Å². The van der Waals surface area contributed by atoms with Crippen molar-refractivity contribution in [2.45, 2.75) is 19.4 Å². The van der Waals surface area contributed by atoms with Crippen molar-refractivity contribution in [1.29, 1.82) is 0 Å².